The minimum atomic E-state index is -0.329. The summed E-state index contributed by atoms with van der Waals surface area (Å²) >= 11 is 0. The van der Waals surface area contributed by atoms with Crippen molar-refractivity contribution in [3.05, 3.63) is 89.2 Å². The van der Waals surface area contributed by atoms with E-state index in [0.717, 1.165) is 17.5 Å². The van der Waals surface area contributed by atoms with Crippen molar-refractivity contribution < 1.29 is 18.7 Å². The summed E-state index contributed by atoms with van der Waals surface area (Å²) in [6.07, 6.45) is 0.935. The summed E-state index contributed by atoms with van der Waals surface area (Å²) in [6.45, 7) is 2.13. The van der Waals surface area contributed by atoms with Gasteiger partial charge in [0.05, 0.1) is 32.5 Å². The minimum Gasteiger partial charge on any atom is -0.497 e. The molecule has 0 unspecified atom stereocenters. The van der Waals surface area contributed by atoms with E-state index in [1.54, 1.807) is 31.4 Å². The Morgan fingerprint density at radius 2 is 1.74 bits per heavy atom. The number of methoxy groups -OCH3 is 2. The monoisotopic (exact) mass is 422 g/mol. The van der Waals surface area contributed by atoms with Gasteiger partial charge in [-0.2, -0.15) is 0 Å². The highest BCUT2D eigenvalue weighted by atomic mass is 19.1. The molecular weight excluding hydrogens is 395 g/mol. The number of aryl methyl sites for hydroxylation is 1. The normalized spacial score (nSPS) is 11.6. The molecule has 3 aromatic carbocycles. The number of nitrogens with one attached hydrogen (secondary N) is 2. The number of rotatable bonds is 9. The summed E-state index contributed by atoms with van der Waals surface area (Å²) in [4.78, 5) is 12.6. The number of ether oxygens (including phenoxy) is 2. The number of hydrogen-bond acceptors (Lipinski definition) is 4. The van der Waals surface area contributed by atoms with E-state index in [-0.39, 0.29) is 24.3 Å². The van der Waals surface area contributed by atoms with E-state index in [0.29, 0.717) is 17.2 Å². The van der Waals surface area contributed by atoms with Gasteiger partial charge in [0.15, 0.2) is 0 Å². The van der Waals surface area contributed by atoms with Gasteiger partial charge in [-0.3, -0.25) is 10.1 Å². The van der Waals surface area contributed by atoms with Crippen LogP contribution in [0.3, 0.4) is 0 Å². The Balaban J connectivity index is 1.76. The van der Waals surface area contributed by atoms with Crippen molar-refractivity contribution in [1.82, 2.24) is 5.32 Å². The van der Waals surface area contributed by atoms with E-state index in [2.05, 4.69) is 17.6 Å². The maximum absolute atomic E-state index is 13.9. The van der Waals surface area contributed by atoms with Gasteiger partial charge >= 0.3 is 0 Å². The van der Waals surface area contributed by atoms with Crippen molar-refractivity contribution in [2.24, 2.45) is 0 Å². The molecule has 0 aromatic heterocycles. The Morgan fingerprint density at radius 1 is 0.968 bits per heavy atom. The average molecular weight is 423 g/mol. The van der Waals surface area contributed by atoms with Crippen LogP contribution in [0.1, 0.15) is 29.7 Å². The fourth-order valence-electron chi connectivity index (χ4n) is 3.35. The average Bonchev–Trinajstić information content (AvgIpc) is 2.80. The molecule has 0 fully saturated rings. The molecule has 0 radical (unpaired) electrons. The van der Waals surface area contributed by atoms with Crippen molar-refractivity contribution >= 4 is 11.6 Å². The van der Waals surface area contributed by atoms with Crippen LogP contribution < -0.4 is 20.1 Å². The van der Waals surface area contributed by atoms with Gasteiger partial charge in [0, 0.05) is 6.07 Å². The van der Waals surface area contributed by atoms with E-state index in [1.807, 2.05) is 30.3 Å². The van der Waals surface area contributed by atoms with Crippen LogP contribution in [-0.2, 0) is 11.2 Å². The number of carbonyl (C=O) groups excluding carboxylic acids is 1. The quantitative estimate of drug-likeness (QED) is 0.524. The molecule has 2 N–H and O–H groups in total. The Hall–Kier alpha value is -3.38. The van der Waals surface area contributed by atoms with E-state index < -0.39 is 0 Å². The first kappa shape index (κ1) is 22.3. The van der Waals surface area contributed by atoms with Crippen LogP contribution in [0.25, 0.3) is 0 Å². The number of benzene rings is 3. The van der Waals surface area contributed by atoms with Crippen molar-refractivity contribution in [3.8, 4) is 11.5 Å². The Labute approximate surface area is 182 Å². The third-order valence-corrected chi connectivity index (χ3v) is 5.05. The molecule has 0 saturated carbocycles. The van der Waals surface area contributed by atoms with Gasteiger partial charge in [0.2, 0.25) is 5.91 Å². The van der Waals surface area contributed by atoms with Crippen LogP contribution in [-0.4, -0.2) is 26.7 Å². The topological polar surface area (TPSA) is 59.6 Å². The van der Waals surface area contributed by atoms with E-state index in [1.165, 1.54) is 24.8 Å². The summed E-state index contributed by atoms with van der Waals surface area (Å²) < 4.78 is 24.4. The van der Waals surface area contributed by atoms with Crippen LogP contribution in [0.2, 0.25) is 0 Å². The van der Waals surface area contributed by atoms with Crippen molar-refractivity contribution in [2.45, 2.75) is 19.4 Å². The van der Waals surface area contributed by atoms with Crippen LogP contribution >= 0.6 is 0 Å². The largest absolute Gasteiger partial charge is 0.497 e. The second-order valence-electron chi connectivity index (χ2n) is 7.08. The van der Waals surface area contributed by atoms with Gasteiger partial charge in [-0.1, -0.05) is 43.3 Å². The lowest BCUT2D eigenvalue weighted by atomic mass is 9.97. The zero-order valence-electron chi connectivity index (χ0n) is 17.9. The van der Waals surface area contributed by atoms with E-state index in [4.69, 9.17) is 9.47 Å². The van der Waals surface area contributed by atoms with Crippen molar-refractivity contribution in [2.75, 3.05) is 26.1 Å². The summed E-state index contributed by atoms with van der Waals surface area (Å²) in [7, 11) is 3.10. The lowest BCUT2D eigenvalue weighted by molar-refractivity contribution is -0.115. The van der Waals surface area contributed by atoms with Gasteiger partial charge in [-0.25, -0.2) is 4.39 Å². The van der Waals surface area contributed by atoms with E-state index in [9.17, 15) is 9.18 Å². The standard InChI is InChI=1S/C25H27FN2O3/c1-4-17-8-10-18(11-9-17)25(19-6-5-7-20(26)14-19)27-16-24(29)28-22-13-12-21(30-2)15-23(22)31-3/h5-15,25,27H,4,16H2,1-3H3,(H,28,29)/t25-/m0/s1. The zero-order chi connectivity index (χ0) is 22.2. The van der Waals surface area contributed by atoms with Crippen molar-refractivity contribution in [1.29, 1.82) is 0 Å². The fraction of sp³-hybridized carbons (Fsp3) is 0.240. The van der Waals surface area contributed by atoms with Gasteiger partial charge in [-0.05, 0) is 47.4 Å². The summed E-state index contributed by atoms with van der Waals surface area (Å²) in [5, 5.41) is 6.10. The molecule has 0 aliphatic carbocycles. The fourth-order valence-corrected chi connectivity index (χ4v) is 3.35. The Morgan fingerprint density at radius 3 is 2.39 bits per heavy atom. The van der Waals surface area contributed by atoms with Crippen LogP contribution in [0, 0.1) is 5.82 Å². The molecule has 0 bridgehead atoms. The maximum atomic E-state index is 13.9. The van der Waals surface area contributed by atoms with Crippen LogP contribution in [0.4, 0.5) is 10.1 Å². The number of halogens is 1. The van der Waals surface area contributed by atoms with Gasteiger partial charge in [0.25, 0.3) is 0 Å². The highest BCUT2D eigenvalue weighted by Crippen LogP contribution is 2.29. The molecule has 6 heteroatoms. The smallest absolute Gasteiger partial charge is 0.238 e. The minimum absolute atomic E-state index is 0.0336. The lowest BCUT2D eigenvalue weighted by Crippen LogP contribution is -2.32. The van der Waals surface area contributed by atoms with Crippen molar-refractivity contribution in [3.63, 3.8) is 0 Å². The summed E-state index contributed by atoms with van der Waals surface area (Å²) in [5.41, 5.74) is 3.47. The molecule has 0 heterocycles. The molecule has 1 atom stereocenters. The number of hydrogen-bond donors (Lipinski definition) is 2. The number of amides is 1. The second-order valence-corrected chi connectivity index (χ2v) is 7.08. The molecule has 0 aliphatic rings. The van der Waals surface area contributed by atoms with Crippen LogP contribution in [0.15, 0.2) is 66.7 Å². The molecule has 0 spiro atoms. The summed E-state index contributed by atoms with van der Waals surface area (Å²) in [5.74, 6) is 0.580. The molecule has 3 rings (SSSR count). The van der Waals surface area contributed by atoms with Crippen LogP contribution in [0.5, 0.6) is 11.5 Å². The molecule has 162 valence electrons. The number of carbonyl (C=O) groups is 1. The molecule has 0 aliphatic heterocycles. The van der Waals surface area contributed by atoms with Gasteiger partial charge < -0.3 is 14.8 Å². The highest BCUT2D eigenvalue weighted by molar-refractivity contribution is 5.93. The third kappa shape index (κ3) is 5.83. The summed E-state index contributed by atoms with van der Waals surface area (Å²) in [6, 6.07) is 19.4. The van der Waals surface area contributed by atoms with E-state index >= 15 is 0 Å². The molecular formula is C25H27FN2O3. The molecule has 0 saturated heterocycles. The highest BCUT2D eigenvalue weighted by Gasteiger charge is 2.17. The lowest BCUT2D eigenvalue weighted by Gasteiger charge is -2.20. The Kier molecular flexibility index (Phi) is 7.62. The second kappa shape index (κ2) is 10.6. The first-order chi connectivity index (χ1) is 15.0. The molecule has 5 nitrogen and oxygen atoms in total. The SMILES string of the molecule is CCc1ccc([C@H](NCC(=O)Nc2ccc(OC)cc2OC)c2cccc(F)c2)cc1. The molecule has 1 amide bonds. The predicted molar refractivity (Wildman–Crippen MR) is 120 cm³/mol. The first-order valence-electron chi connectivity index (χ1n) is 10.1. The Bertz CT molecular complexity index is 1020. The van der Waals surface area contributed by atoms with Gasteiger partial charge in [-0.15, -0.1) is 0 Å². The first-order valence-corrected chi connectivity index (χ1v) is 10.1. The molecule has 3 aromatic rings. The number of anilines is 1. The zero-order valence-corrected chi connectivity index (χ0v) is 17.9. The molecule has 31 heavy (non-hydrogen) atoms. The predicted octanol–water partition coefficient (Wildman–Crippen LogP) is 4.72. The maximum Gasteiger partial charge on any atom is 0.238 e. The van der Waals surface area contributed by atoms with Gasteiger partial charge in [0.1, 0.15) is 17.3 Å². The third-order valence-electron chi connectivity index (χ3n) is 5.05.